The average molecular weight is 284 g/mol. The van der Waals surface area contributed by atoms with Crippen LogP contribution in [-0.2, 0) is 6.42 Å². The van der Waals surface area contributed by atoms with Crippen LogP contribution in [0.25, 0.3) is 10.1 Å². The summed E-state index contributed by atoms with van der Waals surface area (Å²) < 4.78 is 5.67. The topological polar surface area (TPSA) is 16.1 Å². The quantitative estimate of drug-likeness (QED) is 0.798. The highest BCUT2D eigenvalue weighted by Gasteiger charge is 2.35. The molecule has 1 aromatic heterocycles. The number of benzene rings is 1. The number of rotatable bonds is 3. The lowest BCUT2D eigenvalue weighted by Crippen LogP contribution is -2.48. The second-order valence-electron chi connectivity index (χ2n) is 6.24. The van der Waals surface area contributed by atoms with Crippen LogP contribution in [-0.4, -0.2) is 28.9 Å². The number of fused-ring (bicyclic) bond motifs is 4. The van der Waals surface area contributed by atoms with E-state index in [0.29, 0.717) is 5.92 Å². The molecule has 3 saturated heterocycles. The first-order valence-electron chi connectivity index (χ1n) is 7.53. The lowest BCUT2D eigenvalue weighted by atomic mass is 9.74. The lowest BCUT2D eigenvalue weighted by Gasteiger charge is -2.45. The Balaban J connectivity index is 1.57. The predicted octanol–water partition coefficient (Wildman–Crippen LogP) is 3.74. The minimum absolute atomic E-state index is 0.709. The molecule has 0 N–H and O–H groups in total. The Bertz CT molecular complexity index is 637. The van der Waals surface area contributed by atoms with E-state index in [0.717, 1.165) is 12.3 Å². The van der Waals surface area contributed by atoms with E-state index in [-0.39, 0.29) is 0 Å². The molecule has 0 saturated carbocycles. The number of piperidine rings is 3. The largest absolute Gasteiger partial charge is 0.303 e. The average Bonchev–Trinajstić information content (AvgIpc) is 2.98. The molecule has 2 aromatic rings. The molecule has 1 unspecified atom stereocenters. The van der Waals surface area contributed by atoms with Crippen LogP contribution >= 0.6 is 11.5 Å². The van der Waals surface area contributed by atoms with E-state index in [4.69, 9.17) is 0 Å². The van der Waals surface area contributed by atoms with E-state index in [1.807, 2.05) is 6.20 Å². The van der Waals surface area contributed by atoms with Crippen LogP contribution in [0.1, 0.15) is 18.4 Å². The van der Waals surface area contributed by atoms with Gasteiger partial charge in [0.1, 0.15) is 0 Å². The third-order valence-corrected chi connectivity index (χ3v) is 5.95. The standard InChI is InChI=1S/C17H20N2S/c1-12(16-11-19-7-5-13(16)6-8-19)9-14-3-2-4-15-10-18-20-17(14)15/h2-4,10,13,16H,1,5-9,11H2. The Morgan fingerprint density at radius 3 is 2.95 bits per heavy atom. The van der Waals surface area contributed by atoms with E-state index in [9.17, 15) is 0 Å². The van der Waals surface area contributed by atoms with Gasteiger partial charge in [-0.1, -0.05) is 30.4 Å². The van der Waals surface area contributed by atoms with Crippen molar-refractivity contribution < 1.29 is 0 Å². The van der Waals surface area contributed by atoms with Gasteiger partial charge in [0.15, 0.2) is 0 Å². The Labute approximate surface area is 124 Å². The molecule has 2 nitrogen and oxygen atoms in total. The van der Waals surface area contributed by atoms with Crippen molar-refractivity contribution in [3.63, 3.8) is 0 Å². The minimum Gasteiger partial charge on any atom is -0.303 e. The second-order valence-corrected chi connectivity index (χ2v) is 7.04. The summed E-state index contributed by atoms with van der Waals surface area (Å²) in [6.45, 7) is 8.29. The monoisotopic (exact) mass is 284 g/mol. The molecule has 3 aliphatic heterocycles. The Morgan fingerprint density at radius 2 is 2.20 bits per heavy atom. The molecule has 0 radical (unpaired) electrons. The van der Waals surface area contributed by atoms with Gasteiger partial charge in [-0.3, -0.25) is 0 Å². The van der Waals surface area contributed by atoms with Crippen LogP contribution in [0.15, 0.2) is 36.5 Å². The van der Waals surface area contributed by atoms with Crippen LogP contribution in [0.4, 0.5) is 0 Å². The van der Waals surface area contributed by atoms with Crippen LogP contribution in [0, 0.1) is 11.8 Å². The molecular weight excluding hydrogens is 264 g/mol. The number of hydrogen-bond acceptors (Lipinski definition) is 3. The van der Waals surface area contributed by atoms with Gasteiger partial charge in [0.25, 0.3) is 0 Å². The van der Waals surface area contributed by atoms with E-state index < -0.39 is 0 Å². The van der Waals surface area contributed by atoms with Gasteiger partial charge in [-0.25, -0.2) is 0 Å². The predicted molar refractivity (Wildman–Crippen MR) is 85.1 cm³/mol. The smallest absolute Gasteiger partial charge is 0.0585 e. The van der Waals surface area contributed by atoms with Gasteiger partial charge in [-0.2, -0.15) is 4.37 Å². The SMILES string of the molecule is C=C(Cc1cccc2cnsc12)C1CN2CCC1CC2. The highest BCUT2D eigenvalue weighted by atomic mass is 32.1. The molecule has 5 rings (SSSR count). The van der Waals surface area contributed by atoms with Crippen molar-refractivity contribution in [3.05, 3.63) is 42.1 Å². The zero-order valence-electron chi connectivity index (χ0n) is 11.7. The molecule has 0 aliphatic carbocycles. The van der Waals surface area contributed by atoms with Crippen molar-refractivity contribution in [3.8, 4) is 0 Å². The first kappa shape index (κ1) is 12.5. The molecule has 4 heterocycles. The highest BCUT2D eigenvalue weighted by molar-refractivity contribution is 7.13. The first-order chi connectivity index (χ1) is 9.81. The molecular formula is C17H20N2S. The zero-order valence-corrected chi connectivity index (χ0v) is 12.5. The van der Waals surface area contributed by atoms with Crippen molar-refractivity contribution in [2.75, 3.05) is 19.6 Å². The fourth-order valence-electron chi connectivity index (χ4n) is 3.90. The Hall–Kier alpha value is -1.19. The van der Waals surface area contributed by atoms with Crippen molar-refractivity contribution in [2.24, 2.45) is 11.8 Å². The lowest BCUT2D eigenvalue weighted by molar-refractivity contribution is 0.0675. The first-order valence-corrected chi connectivity index (χ1v) is 8.31. The summed E-state index contributed by atoms with van der Waals surface area (Å²) >= 11 is 1.62. The maximum absolute atomic E-state index is 4.44. The normalized spacial score (nSPS) is 28.9. The number of aromatic nitrogens is 1. The molecule has 0 amide bonds. The summed E-state index contributed by atoms with van der Waals surface area (Å²) in [4.78, 5) is 2.61. The molecule has 3 aliphatic rings. The van der Waals surface area contributed by atoms with Crippen molar-refractivity contribution in [2.45, 2.75) is 19.3 Å². The van der Waals surface area contributed by atoms with Crippen LogP contribution in [0.2, 0.25) is 0 Å². The molecule has 104 valence electrons. The van der Waals surface area contributed by atoms with Crippen LogP contribution < -0.4 is 0 Å². The molecule has 3 fully saturated rings. The van der Waals surface area contributed by atoms with Crippen molar-refractivity contribution in [1.82, 2.24) is 9.27 Å². The summed E-state index contributed by atoms with van der Waals surface area (Å²) in [7, 11) is 0. The minimum atomic E-state index is 0.709. The Kier molecular flexibility index (Phi) is 3.12. The molecule has 20 heavy (non-hydrogen) atoms. The maximum atomic E-state index is 4.44. The van der Waals surface area contributed by atoms with Gasteiger partial charge < -0.3 is 4.90 Å². The van der Waals surface area contributed by atoms with Crippen molar-refractivity contribution >= 4 is 21.6 Å². The van der Waals surface area contributed by atoms with E-state index in [1.165, 1.54) is 53.7 Å². The van der Waals surface area contributed by atoms with E-state index >= 15 is 0 Å². The van der Waals surface area contributed by atoms with Gasteiger partial charge in [0.05, 0.1) is 4.70 Å². The van der Waals surface area contributed by atoms with Crippen LogP contribution in [0.5, 0.6) is 0 Å². The number of nitrogens with zero attached hydrogens (tertiary/aromatic N) is 2. The summed E-state index contributed by atoms with van der Waals surface area (Å²) in [6.07, 6.45) is 5.73. The molecule has 3 heteroatoms. The van der Waals surface area contributed by atoms with Gasteiger partial charge in [0.2, 0.25) is 0 Å². The summed E-state index contributed by atoms with van der Waals surface area (Å²) in [6, 6.07) is 6.54. The van der Waals surface area contributed by atoms with Gasteiger partial charge >= 0.3 is 0 Å². The molecule has 2 bridgehead atoms. The summed E-state index contributed by atoms with van der Waals surface area (Å²) in [5.74, 6) is 1.59. The van der Waals surface area contributed by atoms with E-state index in [2.05, 4.69) is 34.1 Å². The van der Waals surface area contributed by atoms with Gasteiger partial charge in [-0.15, -0.1) is 0 Å². The molecule has 1 aromatic carbocycles. The van der Waals surface area contributed by atoms with Crippen molar-refractivity contribution in [1.29, 1.82) is 0 Å². The summed E-state index contributed by atoms with van der Waals surface area (Å²) in [5, 5.41) is 1.27. The van der Waals surface area contributed by atoms with E-state index in [1.54, 1.807) is 11.5 Å². The maximum Gasteiger partial charge on any atom is 0.0585 e. The van der Waals surface area contributed by atoms with Gasteiger partial charge in [0, 0.05) is 18.1 Å². The fourth-order valence-corrected chi connectivity index (χ4v) is 4.65. The zero-order chi connectivity index (χ0) is 13.5. The third-order valence-electron chi connectivity index (χ3n) is 5.06. The number of hydrogen-bond donors (Lipinski definition) is 0. The third kappa shape index (κ3) is 2.09. The molecule has 1 atom stereocenters. The summed E-state index contributed by atoms with van der Waals surface area (Å²) in [5.41, 5.74) is 2.84. The highest BCUT2D eigenvalue weighted by Crippen LogP contribution is 2.37. The molecule has 0 spiro atoms. The van der Waals surface area contributed by atoms with Crippen LogP contribution in [0.3, 0.4) is 0 Å². The Morgan fingerprint density at radius 1 is 1.35 bits per heavy atom. The fraction of sp³-hybridized carbons (Fsp3) is 0.471. The van der Waals surface area contributed by atoms with Gasteiger partial charge in [-0.05, 0) is 61.3 Å². The second kappa shape index (κ2) is 4.97.